The molecule has 0 bridgehead atoms. The van der Waals surface area contributed by atoms with Gasteiger partial charge in [0.05, 0.1) is 32.0 Å². The number of carbonyl (C=O) groups excluding carboxylic acids is 3. The second-order valence-corrected chi connectivity index (χ2v) is 9.26. The lowest BCUT2D eigenvalue weighted by Crippen LogP contribution is -2.54. The van der Waals surface area contributed by atoms with E-state index >= 15 is 0 Å². The molecule has 0 spiro atoms. The lowest BCUT2D eigenvalue weighted by Gasteiger charge is -2.28. The van der Waals surface area contributed by atoms with Gasteiger partial charge in [-0.05, 0) is 41.5 Å². The zero-order valence-electron chi connectivity index (χ0n) is 20.5. The molecule has 9 nitrogen and oxygen atoms in total. The zero-order chi connectivity index (χ0) is 27.4. The first-order chi connectivity index (χ1) is 18.2. The molecule has 38 heavy (non-hydrogen) atoms. The van der Waals surface area contributed by atoms with Crippen molar-refractivity contribution >= 4 is 57.1 Å². The first-order valence-corrected chi connectivity index (χ1v) is 12.3. The fraction of sp³-hybridized carbons (Fsp3) is 0.148. The van der Waals surface area contributed by atoms with E-state index in [1.54, 1.807) is 18.2 Å². The van der Waals surface area contributed by atoms with Crippen molar-refractivity contribution in [1.29, 1.82) is 0 Å². The number of hydrogen-bond acceptors (Lipinski definition) is 7. The summed E-state index contributed by atoms with van der Waals surface area (Å²) in [7, 11) is 4.24. The molecule has 11 heteroatoms. The summed E-state index contributed by atoms with van der Waals surface area (Å²) in [5.74, 6) is -0.457. The van der Waals surface area contributed by atoms with Gasteiger partial charge in [0, 0.05) is 16.6 Å². The van der Waals surface area contributed by atoms with Gasteiger partial charge in [-0.1, -0.05) is 45.7 Å². The highest BCUT2D eigenvalue weighted by Gasteiger charge is 2.38. The van der Waals surface area contributed by atoms with E-state index in [4.69, 9.17) is 30.5 Å². The van der Waals surface area contributed by atoms with Crippen LogP contribution in [0.1, 0.15) is 11.1 Å². The second-order valence-electron chi connectivity index (χ2n) is 7.94. The minimum absolute atomic E-state index is 0.0592. The first kappa shape index (κ1) is 27.0. The maximum absolute atomic E-state index is 13.4. The Morgan fingerprint density at radius 3 is 2.21 bits per heavy atom. The van der Waals surface area contributed by atoms with Gasteiger partial charge < -0.3 is 18.9 Å². The number of ether oxygens (including phenoxy) is 4. The monoisotopic (exact) mass is 600 g/mol. The average molecular weight is 602 g/mol. The number of nitrogens with one attached hydrogen (secondary N) is 1. The van der Waals surface area contributed by atoms with Gasteiger partial charge in [-0.15, -0.1) is 0 Å². The Morgan fingerprint density at radius 1 is 0.868 bits per heavy atom. The lowest BCUT2D eigenvalue weighted by atomic mass is 10.1. The molecule has 3 aromatic carbocycles. The highest BCUT2D eigenvalue weighted by Crippen LogP contribution is 2.39. The number of rotatable bonds is 8. The summed E-state index contributed by atoms with van der Waals surface area (Å²) in [6.07, 6.45) is 1.36. The van der Waals surface area contributed by atoms with Gasteiger partial charge in [0.2, 0.25) is 0 Å². The van der Waals surface area contributed by atoms with Crippen LogP contribution in [0, 0.1) is 0 Å². The van der Waals surface area contributed by atoms with Crippen LogP contribution in [0.4, 0.5) is 10.5 Å². The van der Waals surface area contributed by atoms with Crippen molar-refractivity contribution in [3.8, 4) is 23.0 Å². The predicted molar refractivity (Wildman–Crippen MR) is 145 cm³/mol. The van der Waals surface area contributed by atoms with Crippen molar-refractivity contribution in [1.82, 2.24) is 5.32 Å². The SMILES string of the molecule is COc1cc(N2C(=O)NC(=O)/C(=C\c3ccc(OCc4ccc(Br)cc4)c(OC)c3)C2=O)c(OC)cc1Cl. The number of hydrogen-bond donors (Lipinski definition) is 1. The number of anilines is 1. The second kappa shape index (κ2) is 11.6. The van der Waals surface area contributed by atoms with Gasteiger partial charge in [0.1, 0.15) is 23.7 Å². The number of amides is 4. The molecule has 4 rings (SSSR count). The molecule has 1 fully saturated rings. The Hall–Kier alpha value is -4.02. The van der Waals surface area contributed by atoms with Gasteiger partial charge in [-0.25, -0.2) is 9.69 Å². The Morgan fingerprint density at radius 2 is 1.55 bits per heavy atom. The third-order valence-corrected chi connectivity index (χ3v) is 6.43. The van der Waals surface area contributed by atoms with E-state index in [1.807, 2.05) is 24.3 Å². The smallest absolute Gasteiger partial charge is 0.336 e. The van der Waals surface area contributed by atoms with Gasteiger partial charge in [-0.3, -0.25) is 14.9 Å². The molecule has 1 saturated heterocycles. The van der Waals surface area contributed by atoms with Crippen LogP contribution in [0.3, 0.4) is 0 Å². The van der Waals surface area contributed by atoms with Crippen molar-refractivity contribution in [3.05, 3.63) is 80.8 Å². The number of nitrogens with zero attached hydrogens (tertiary/aromatic N) is 1. The Kier molecular flexibility index (Phi) is 8.23. The zero-order valence-corrected chi connectivity index (χ0v) is 22.9. The van der Waals surface area contributed by atoms with Crippen molar-refractivity contribution in [2.75, 3.05) is 26.2 Å². The molecule has 1 aliphatic rings. The summed E-state index contributed by atoms with van der Waals surface area (Å²) in [4.78, 5) is 39.5. The Labute approximate surface area is 232 Å². The van der Waals surface area contributed by atoms with E-state index in [9.17, 15) is 14.4 Å². The molecule has 0 aliphatic carbocycles. The molecule has 0 radical (unpaired) electrons. The lowest BCUT2D eigenvalue weighted by molar-refractivity contribution is -0.122. The molecule has 0 aromatic heterocycles. The minimum atomic E-state index is -0.936. The van der Waals surface area contributed by atoms with Crippen LogP contribution in [-0.4, -0.2) is 39.2 Å². The molecule has 0 saturated carbocycles. The van der Waals surface area contributed by atoms with Crippen molar-refractivity contribution < 1.29 is 33.3 Å². The van der Waals surface area contributed by atoms with Gasteiger partial charge in [0.25, 0.3) is 11.8 Å². The Bertz CT molecular complexity index is 1440. The summed E-state index contributed by atoms with van der Waals surface area (Å²) < 4.78 is 22.8. The van der Waals surface area contributed by atoms with E-state index in [2.05, 4.69) is 21.2 Å². The van der Waals surface area contributed by atoms with Crippen molar-refractivity contribution in [2.45, 2.75) is 6.61 Å². The van der Waals surface area contributed by atoms with Gasteiger partial charge >= 0.3 is 6.03 Å². The number of methoxy groups -OCH3 is 3. The van der Waals surface area contributed by atoms with E-state index in [0.717, 1.165) is 14.9 Å². The van der Waals surface area contributed by atoms with Crippen molar-refractivity contribution in [2.24, 2.45) is 0 Å². The van der Waals surface area contributed by atoms with E-state index in [0.29, 0.717) is 23.7 Å². The average Bonchev–Trinajstić information content (AvgIpc) is 2.91. The Balaban J connectivity index is 1.64. The van der Waals surface area contributed by atoms with Crippen LogP contribution in [0.15, 0.2) is 64.6 Å². The van der Waals surface area contributed by atoms with Crippen LogP contribution < -0.4 is 29.2 Å². The minimum Gasteiger partial charge on any atom is -0.495 e. The third kappa shape index (κ3) is 5.61. The predicted octanol–water partition coefficient (Wildman–Crippen LogP) is 5.37. The number of imide groups is 2. The van der Waals surface area contributed by atoms with Crippen LogP contribution in [-0.2, 0) is 16.2 Å². The first-order valence-electron chi connectivity index (χ1n) is 11.1. The maximum atomic E-state index is 13.4. The molecule has 1 aliphatic heterocycles. The summed E-state index contributed by atoms with van der Waals surface area (Å²) in [5.41, 5.74) is 1.23. The highest BCUT2D eigenvalue weighted by atomic mass is 79.9. The quantitative estimate of drug-likeness (QED) is 0.273. The normalized spacial score (nSPS) is 14.4. The molecule has 4 amide bonds. The number of benzene rings is 3. The van der Waals surface area contributed by atoms with Crippen LogP contribution in [0.25, 0.3) is 6.08 Å². The largest absolute Gasteiger partial charge is 0.495 e. The fourth-order valence-electron chi connectivity index (χ4n) is 3.70. The molecule has 196 valence electrons. The summed E-state index contributed by atoms with van der Waals surface area (Å²) in [5, 5.41) is 2.41. The highest BCUT2D eigenvalue weighted by molar-refractivity contribution is 9.10. The summed E-state index contributed by atoms with van der Waals surface area (Å²) in [6.45, 7) is 0.314. The fourth-order valence-corrected chi connectivity index (χ4v) is 4.19. The topological polar surface area (TPSA) is 103 Å². The van der Waals surface area contributed by atoms with Crippen LogP contribution in [0.5, 0.6) is 23.0 Å². The molecule has 3 aromatic rings. The third-order valence-electron chi connectivity index (χ3n) is 5.60. The standard InChI is InChI=1S/C27H22BrClN2O7/c1-35-22-13-20(23(36-2)12-19(22)29)31-26(33)18(25(32)30-27(31)34)10-16-6-9-21(24(11-16)37-3)38-14-15-4-7-17(28)8-5-15/h4-13H,14H2,1-3H3,(H,30,32,34)/b18-10+. The van der Waals surface area contributed by atoms with Gasteiger partial charge in [-0.2, -0.15) is 0 Å². The number of barbiturate groups is 1. The summed E-state index contributed by atoms with van der Waals surface area (Å²) >= 11 is 9.56. The summed E-state index contributed by atoms with van der Waals surface area (Å²) in [6, 6.07) is 14.5. The van der Waals surface area contributed by atoms with E-state index in [1.165, 1.54) is 39.5 Å². The number of urea groups is 1. The molecule has 0 unspecified atom stereocenters. The molecule has 0 atom stereocenters. The number of carbonyl (C=O) groups is 3. The van der Waals surface area contributed by atoms with Crippen LogP contribution in [0.2, 0.25) is 5.02 Å². The molecular formula is C27H22BrClN2O7. The van der Waals surface area contributed by atoms with Crippen LogP contribution >= 0.6 is 27.5 Å². The molecule has 1 N–H and O–H groups in total. The molecule has 1 heterocycles. The van der Waals surface area contributed by atoms with E-state index < -0.39 is 17.8 Å². The van der Waals surface area contributed by atoms with Crippen molar-refractivity contribution in [3.63, 3.8) is 0 Å². The van der Waals surface area contributed by atoms with E-state index in [-0.39, 0.29) is 27.8 Å². The molecular weight excluding hydrogens is 580 g/mol. The van der Waals surface area contributed by atoms with Gasteiger partial charge in [0.15, 0.2) is 11.5 Å². The number of halogens is 2. The maximum Gasteiger partial charge on any atom is 0.336 e.